The smallest absolute Gasteiger partial charge is 0.212 e. The first-order chi connectivity index (χ1) is 7.72. The molecule has 0 aliphatic heterocycles. The monoisotopic (exact) mass is 224 g/mol. The van der Waals surface area contributed by atoms with E-state index in [9.17, 15) is 0 Å². The molecule has 0 radical (unpaired) electrons. The molecule has 4 heteroatoms. The number of hydrogen-bond acceptors (Lipinski definition) is 4. The van der Waals surface area contributed by atoms with Crippen molar-refractivity contribution in [1.82, 2.24) is 10.3 Å². The Bertz CT molecular complexity index is 286. The molecule has 0 saturated carbocycles. The molecule has 0 saturated heterocycles. The largest absolute Gasteiger partial charge is 0.481 e. The maximum Gasteiger partial charge on any atom is 0.212 e. The summed E-state index contributed by atoms with van der Waals surface area (Å²) in [5.41, 5.74) is 1.14. The molecule has 1 N–H and O–H groups in total. The fourth-order valence-corrected chi connectivity index (χ4v) is 1.24. The third-order valence-electron chi connectivity index (χ3n) is 2.07. The molecule has 0 atom stereocenters. The second-order valence-electron chi connectivity index (χ2n) is 3.81. The highest BCUT2D eigenvalue weighted by Gasteiger charge is 1.96. The standard InChI is InChI=1S/C12H20N2O2/c1-10(2)16-7-6-13-8-11-4-5-12(15-3)14-9-11/h4-5,9-10,13H,6-8H2,1-3H3. The molecule has 0 bridgehead atoms. The van der Waals surface area contributed by atoms with Gasteiger partial charge in [-0.25, -0.2) is 4.98 Å². The zero-order chi connectivity index (χ0) is 11.8. The summed E-state index contributed by atoms with van der Waals surface area (Å²) in [6.45, 7) is 6.46. The van der Waals surface area contributed by atoms with E-state index in [0.29, 0.717) is 12.0 Å². The third-order valence-corrected chi connectivity index (χ3v) is 2.07. The van der Waals surface area contributed by atoms with Crippen molar-refractivity contribution in [3.8, 4) is 5.88 Å². The number of nitrogens with zero attached hydrogens (tertiary/aromatic N) is 1. The molecule has 0 unspecified atom stereocenters. The van der Waals surface area contributed by atoms with Gasteiger partial charge < -0.3 is 14.8 Å². The van der Waals surface area contributed by atoms with Crippen LogP contribution in [0.3, 0.4) is 0 Å². The second kappa shape index (κ2) is 7.19. The quantitative estimate of drug-likeness (QED) is 0.714. The zero-order valence-corrected chi connectivity index (χ0v) is 10.2. The van der Waals surface area contributed by atoms with Crippen LogP contribution in [0.4, 0.5) is 0 Å². The van der Waals surface area contributed by atoms with Gasteiger partial charge >= 0.3 is 0 Å². The van der Waals surface area contributed by atoms with Crippen LogP contribution in [0.15, 0.2) is 18.3 Å². The average Bonchev–Trinajstić information content (AvgIpc) is 2.29. The maximum atomic E-state index is 5.42. The highest BCUT2D eigenvalue weighted by atomic mass is 16.5. The van der Waals surface area contributed by atoms with Gasteiger partial charge in [0.05, 0.1) is 19.8 Å². The van der Waals surface area contributed by atoms with Gasteiger partial charge in [0, 0.05) is 25.4 Å². The lowest BCUT2D eigenvalue weighted by Gasteiger charge is -2.08. The van der Waals surface area contributed by atoms with E-state index in [1.165, 1.54) is 0 Å². The lowest BCUT2D eigenvalue weighted by Crippen LogP contribution is -2.20. The van der Waals surface area contributed by atoms with Crippen LogP contribution in [0.25, 0.3) is 0 Å². The van der Waals surface area contributed by atoms with E-state index in [4.69, 9.17) is 9.47 Å². The van der Waals surface area contributed by atoms with Crippen molar-refractivity contribution in [2.45, 2.75) is 26.5 Å². The molecule has 0 aromatic carbocycles. The van der Waals surface area contributed by atoms with Crippen molar-refractivity contribution in [1.29, 1.82) is 0 Å². The highest BCUT2D eigenvalue weighted by molar-refractivity contribution is 5.17. The Morgan fingerprint density at radius 2 is 2.19 bits per heavy atom. The van der Waals surface area contributed by atoms with Crippen LogP contribution < -0.4 is 10.1 Å². The minimum Gasteiger partial charge on any atom is -0.481 e. The topological polar surface area (TPSA) is 43.4 Å². The molecule has 1 aromatic rings. The number of aromatic nitrogens is 1. The predicted octanol–water partition coefficient (Wildman–Crippen LogP) is 1.60. The summed E-state index contributed by atoms with van der Waals surface area (Å²) in [7, 11) is 1.61. The van der Waals surface area contributed by atoms with E-state index >= 15 is 0 Å². The van der Waals surface area contributed by atoms with Crippen molar-refractivity contribution < 1.29 is 9.47 Å². The molecule has 1 aromatic heterocycles. The summed E-state index contributed by atoms with van der Waals surface area (Å²) in [6.07, 6.45) is 2.11. The SMILES string of the molecule is COc1ccc(CNCCOC(C)C)cn1. The Hall–Kier alpha value is -1.13. The summed E-state index contributed by atoms with van der Waals surface area (Å²) in [4.78, 5) is 4.13. The number of pyridine rings is 1. The van der Waals surface area contributed by atoms with Crippen LogP contribution in [-0.4, -0.2) is 31.3 Å². The van der Waals surface area contributed by atoms with Gasteiger partial charge in [-0.2, -0.15) is 0 Å². The van der Waals surface area contributed by atoms with Crippen LogP contribution >= 0.6 is 0 Å². The van der Waals surface area contributed by atoms with Gasteiger partial charge in [0.1, 0.15) is 0 Å². The van der Waals surface area contributed by atoms with Gasteiger partial charge in [0.2, 0.25) is 5.88 Å². The number of methoxy groups -OCH3 is 1. The summed E-state index contributed by atoms with van der Waals surface area (Å²) < 4.78 is 10.4. The molecular weight excluding hydrogens is 204 g/mol. The van der Waals surface area contributed by atoms with Gasteiger partial charge in [0.25, 0.3) is 0 Å². The van der Waals surface area contributed by atoms with Crippen LogP contribution in [0.1, 0.15) is 19.4 Å². The number of rotatable bonds is 7. The van der Waals surface area contributed by atoms with E-state index in [-0.39, 0.29) is 0 Å². The van der Waals surface area contributed by atoms with Crippen molar-refractivity contribution in [2.75, 3.05) is 20.3 Å². The number of ether oxygens (including phenoxy) is 2. The summed E-state index contributed by atoms with van der Waals surface area (Å²) >= 11 is 0. The van der Waals surface area contributed by atoms with Gasteiger partial charge in [-0.05, 0) is 19.4 Å². The van der Waals surface area contributed by atoms with Crippen LogP contribution in [-0.2, 0) is 11.3 Å². The van der Waals surface area contributed by atoms with Crippen molar-refractivity contribution in [3.63, 3.8) is 0 Å². The Balaban J connectivity index is 2.16. The summed E-state index contributed by atoms with van der Waals surface area (Å²) in [5, 5.41) is 3.29. The van der Waals surface area contributed by atoms with Crippen molar-refractivity contribution in [2.24, 2.45) is 0 Å². The highest BCUT2D eigenvalue weighted by Crippen LogP contribution is 2.05. The molecule has 0 fully saturated rings. The molecule has 0 aliphatic rings. The molecule has 0 aliphatic carbocycles. The predicted molar refractivity (Wildman–Crippen MR) is 63.6 cm³/mol. The third kappa shape index (κ3) is 5.09. The average molecular weight is 224 g/mol. The van der Waals surface area contributed by atoms with Crippen molar-refractivity contribution >= 4 is 0 Å². The fourth-order valence-electron chi connectivity index (χ4n) is 1.24. The number of nitrogens with one attached hydrogen (secondary N) is 1. The van der Waals surface area contributed by atoms with E-state index in [1.807, 2.05) is 32.2 Å². The van der Waals surface area contributed by atoms with Crippen LogP contribution in [0.5, 0.6) is 5.88 Å². The van der Waals surface area contributed by atoms with Crippen molar-refractivity contribution in [3.05, 3.63) is 23.9 Å². The Morgan fingerprint density at radius 1 is 1.38 bits per heavy atom. The molecule has 1 rings (SSSR count). The van der Waals surface area contributed by atoms with Gasteiger partial charge in [-0.1, -0.05) is 6.07 Å². The van der Waals surface area contributed by atoms with E-state index < -0.39 is 0 Å². The van der Waals surface area contributed by atoms with E-state index in [1.54, 1.807) is 7.11 Å². The molecule has 16 heavy (non-hydrogen) atoms. The Kier molecular flexibility index (Phi) is 5.82. The van der Waals surface area contributed by atoms with Gasteiger partial charge in [0.15, 0.2) is 0 Å². The Labute approximate surface area is 97.0 Å². The van der Waals surface area contributed by atoms with Gasteiger partial charge in [-0.15, -0.1) is 0 Å². The molecule has 90 valence electrons. The first-order valence-corrected chi connectivity index (χ1v) is 5.53. The van der Waals surface area contributed by atoms with Crippen LogP contribution in [0, 0.1) is 0 Å². The zero-order valence-electron chi connectivity index (χ0n) is 10.2. The molecule has 0 spiro atoms. The van der Waals surface area contributed by atoms with Gasteiger partial charge in [-0.3, -0.25) is 0 Å². The first kappa shape index (κ1) is 12.9. The normalized spacial score (nSPS) is 10.8. The minimum atomic E-state index is 0.296. The molecule has 1 heterocycles. The van der Waals surface area contributed by atoms with Crippen LogP contribution in [0.2, 0.25) is 0 Å². The molecule has 0 amide bonds. The summed E-state index contributed by atoms with van der Waals surface area (Å²) in [6, 6.07) is 3.86. The number of hydrogen-bond donors (Lipinski definition) is 1. The molecular formula is C12H20N2O2. The Morgan fingerprint density at radius 3 is 2.75 bits per heavy atom. The van der Waals surface area contributed by atoms with E-state index in [0.717, 1.165) is 25.3 Å². The maximum absolute atomic E-state index is 5.42. The summed E-state index contributed by atoms with van der Waals surface area (Å²) in [5.74, 6) is 0.645. The molecule has 4 nitrogen and oxygen atoms in total. The lowest BCUT2D eigenvalue weighted by atomic mass is 10.3. The minimum absolute atomic E-state index is 0.296. The fraction of sp³-hybridized carbons (Fsp3) is 0.583. The first-order valence-electron chi connectivity index (χ1n) is 5.53. The van der Waals surface area contributed by atoms with E-state index in [2.05, 4.69) is 10.3 Å². The lowest BCUT2D eigenvalue weighted by molar-refractivity contribution is 0.0807. The second-order valence-corrected chi connectivity index (χ2v) is 3.81.